The monoisotopic (exact) mass is 364 g/mol. The number of imidazole rings is 1. The lowest BCUT2D eigenvalue weighted by Gasteiger charge is -2.27. The number of nitrogens with zero attached hydrogens (tertiary/aromatic N) is 2. The number of hydrazone groups is 1. The molecule has 0 bridgehead atoms. The van der Waals surface area contributed by atoms with Crippen LogP contribution < -0.4 is 14.9 Å². The Morgan fingerprint density at radius 1 is 1.11 bits per heavy atom. The molecule has 0 aliphatic carbocycles. The van der Waals surface area contributed by atoms with Gasteiger partial charge in [-0.25, -0.2) is 10.4 Å². The number of amides is 1. The Morgan fingerprint density at radius 2 is 1.96 bits per heavy atom. The third-order valence-corrected chi connectivity index (χ3v) is 4.87. The number of hydrogen-bond acceptors (Lipinski definition) is 5. The van der Waals surface area contributed by atoms with Crippen LogP contribution in [0.5, 0.6) is 11.5 Å². The zero-order valence-electron chi connectivity index (χ0n) is 15.4. The van der Waals surface area contributed by atoms with E-state index in [0.29, 0.717) is 18.0 Å². The van der Waals surface area contributed by atoms with Crippen molar-refractivity contribution >= 4 is 23.2 Å². The van der Waals surface area contributed by atoms with Crippen molar-refractivity contribution in [1.29, 1.82) is 0 Å². The Hall–Kier alpha value is -3.35. The second-order valence-corrected chi connectivity index (χ2v) is 6.77. The molecule has 2 aromatic carbocycles. The highest BCUT2D eigenvalue weighted by molar-refractivity contribution is 5.90. The summed E-state index contributed by atoms with van der Waals surface area (Å²) in [5.74, 6) is 2.02. The quantitative estimate of drug-likeness (QED) is 0.745. The SMILES string of the molecule is COc1ccc(-c2nc3ccc(C4(C)C=NNC(=O)C4)cc3[nH]2)c(OC)c1. The first kappa shape index (κ1) is 17.1. The molecule has 0 saturated heterocycles. The third kappa shape index (κ3) is 3.01. The number of ether oxygens (including phenoxy) is 2. The summed E-state index contributed by atoms with van der Waals surface area (Å²) < 4.78 is 10.7. The predicted molar refractivity (Wildman–Crippen MR) is 103 cm³/mol. The number of carbonyl (C=O) groups excluding carboxylic acids is 1. The fourth-order valence-corrected chi connectivity index (χ4v) is 3.33. The first-order chi connectivity index (χ1) is 13.0. The molecule has 0 spiro atoms. The van der Waals surface area contributed by atoms with E-state index in [1.54, 1.807) is 20.4 Å². The van der Waals surface area contributed by atoms with Crippen LogP contribution >= 0.6 is 0 Å². The molecule has 1 atom stereocenters. The molecule has 1 amide bonds. The lowest BCUT2D eigenvalue weighted by molar-refractivity contribution is -0.122. The number of carbonyl (C=O) groups is 1. The van der Waals surface area contributed by atoms with E-state index >= 15 is 0 Å². The molecule has 0 radical (unpaired) electrons. The summed E-state index contributed by atoms with van der Waals surface area (Å²) in [4.78, 5) is 19.8. The number of fused-ring (bicyclic) bond motifs is 1. The summed E-state index contributed by atoms with van der Waals surface area (Å²) in [5, 5.41) is 3.98. The molecule has 2 heterocycles. The van der Waals surface area contributed by atoms with Crippen LogP contribution in [0.3, 0.4) is 0 Å². The molecule has 0 saturated carbocycles. The summed E-state index contributed by atoms with van der Waals surface area (Å²) >= 11 is 0. The van der Waals surface area contributed by atoms with Crippen molar-refractivity contribution in [1.82, 2.24) is 15.4 Å². The highest BCUT2D eigenvalue weighted by Crippen LogP contribution is 2.34. The minimum absolute atomic E-state index is 0.0895. The summed E-state index contributed by atoms with van der Waals surface area (Å²) in [6, 6.07) is 11.6. The Kier molecular flexibility index (Phi) is 4.07. The third-order valence-electron chi connectivity index (χ3n) is 4.87. The largest absolute Gasteiger partial charge is 0.497 e. The van der Waals surface area contributed by atoms with Crippen molar-refractivity contribution in [2.24, 2.45) is 5.10 Å². The van der Waals surface area contributed by atoms with Gasteiger partial charge in [0.05, 0.1) is 30.8 Å². The van der Waals surface area contributed by atoms with E-state index in [-0.39, 0.29) is 5.91 Å². The van der Waals surface area contributed by atoms with Gasteiger partial charge in [0.2, 0.25) is 5.91 Å². The van der Waals surface area contributed by atoms with Gasteiger partial charge in [-0.15, -0.1) is 0 Å². The summed E-state index contributed by atoms with van der Waals surface area (Å²) in [6.45, 7) is 2.00. The van der Waals surface area contributed by atoms with Crippen LogP contribution in [0.25, 0.3) is 22.4 Å². The van der Waals surface area contributed by atoms with Crippen molar-refractivity contribution in [2.45, 2.75) is 18.8 Å². The maximum Gasteiger partial charge on any atom is 0.241 e. The molecule has 1 unspecified atom stereocenters. The normalized spacial score (nSPS) is 19.1. The van der Waals surface area contributed by atoms with Crippen LogP contribution in [-0.2, 0) is 10.2 Å². The average molecular weight is 364 g/mol. The second-order valence-electron chi connectivity index (χ2n) is 6.77. The van der Waals surface area contributed by atoms with Crippen molar-refractivity contribution in [2.75, 3.05) is 14.2 Å². The zero-order valence-corrected chi connectivity index (χ0v) is 15.4. The molecule has 2 N–H and O–H groups in total. The lowest BCUT2D eigenvalue weighted by Crippen LogP contribution is -2.37. The van der Waals surface area contributed by atoms with Crippen LogP contribution in [0, 0.1) is 0 Å². The Morgan fingerprint density at radius 3 is 2.70 bits per heavy atom. The molecule has 4 rings (SSSR count). The Bertz CT molecular complexity index is 1060. The molecule has 0 fully saturated rings. The van der Waals surface area contributed by atoms with Gasteiger partial charge in [0, 0.05) is 24.1 Å². The molecule has 138 valence electrons. The van der Waals surface area contributed by atoms with Crippen LogP contribution in [0.4, 0.5) is 0 Å². The van der Waals surface area contributed by atoms with Gasteiger partial charge in [-0.3, -0.25) is 4.79 Å². The molecule has 7 heteroatoms. The number of H-pyrrole nitrogens is 1. The smallest absolute Gasteiger partial charge is 0.241 e. The van der Waals surface area contributed by atoms with Gasteiger partial charge in [0.15, 0.2) is 0 Å². The van der Waals surface area contributed by atoms with E-state index in [1.807, 2.05) is 43.3 Å². The van der Waals surface area contributed by atoms with Crippen LogP contribution in [-0.4, -0.2) is 36.3 Å². The molecule has 7 nitrogen and oxygen atoms in total. The number of methoxy groups -OCH3 is 2. The number of nitrogens with one attached hydrogen (secondary N) is 2. The number of aromatic amines is 1. The second kappa shape index (κ2) is 6.42. The van der Waals surface area contributed by atoms with Gasteiger partial charge in [-0.05, 0) is 36.8 Å². The van der Waals surface area contributed by atoms with Crippen molar-refractivity contribution in [3.8, 4) is 22.9 Å². The van der Waals surface area contributed by atoms with Gasteiger partial charge in [0.1, 0.15) is 17.3 Å². The van der Waals surface area contributed by atoms with E-state index in [9.17, 15) is 4.79 Å². The van der Waals surface area contributed by atoms with E-state index in [4.69, 9.17) is 9.47 Å². The molecule has 3 aromatic rings. The fourth-order valence-electron chi connectivity index (χ4n) is 3.33. The maximum absolute atomic E-state index is 11.8. The summed E-state index contributed by atoms with van der Waals surface area (Å²) in [5.41, 5.74) is 5.62. The Labute approximate surface area is 156 Å². The molecule has 27 heavy (non-hydrogen) atoms. The van der Waals surface area contributed by atoms with Gasteiger partial charge >= 0.3 is 0 Å². The first-order valence-corrected chi connectivity index (χ1v) is 8.58. The van der Waals surface area contributed by atoms with Gasteiger partial charge < -0.3 is 14.5 Å². The lowest BCUT2D eigenvalue weighted by atomic mass is 9.79. The number of rotatable bonds is 4. The highest BCUT2D eigenvalue weighted by Gasteiger charge is 2.31. The number of hydrogen-bond donors (Lipinski definition) is 2. The van der Waals surface area contributed by atoms with Crippen molar-refractivity contribution in [3.63, 3.8) is 0 Å². The van der Waals surface area contributed by atoms with E-state index in [1.165, 1.54) is 0 Å². The van der Waals surface area contributed by atoms with E-state index in [0.717, 1.165) is 27.9 Å². The topological polar surface area (TPSA) is 88.6 Å². The van der Waals surface area contributed by atoms with E-state index < -0.39 is 5.41 Å². The van der Waals surface area contributed by atoms with Crippen LogP contribution in [0.2, 0.25) is 0 Å². The highest BCUT2D eigenvalue weighted by atomic mass is 16.5. The van der Waals surface area contributed by atoms with Gasteiger partial charge in [0.25, 0.3) is 0 Å². The Balaban J connectivity index is 1.77. The summed E-state index contributed by atoms with van der Waals surface area (Å²) in [7, 11) is 3.24. The minimum Gasteiger partial charge on any atom is -0.497 e. The number of benzene rings is 2. The fraction of sp³-hybridized carbons (Fsp3) is 0.250. The molecular weight excluding hydrogens is 344 g/mol. The average Bonchev–Trinajstić information content (AvgIpc) is 3.10. The molecule has 1 aliphatic heterocycles. The van der Waals surface area contributed by atoms with Gasteiger partial charge in [-0.1, -0.05) is 6.07 Å². The molecular formula is C20H20N4O3. The van der Waals surface area contributed by atoms with Gasteiger partial charge in [-0.2, -0.15) is 5.10 Å². The maximum atomic E-state index is 11.8. The number of aromatic nitrogens is 2. The summed E-state index contributed by atoms with van der Waals surface area (Å²) in [6.07, 6.45) is 2.13. The first-order valence-electron chi connectivity index (χ1n) is 8.58. The molecule has 1 aliphatic rings. The zero-order chi connectivity index (χ0) is 19.0. The van der Waals surface area contributed by atoms with Crippen LogP contribution in [0.1, 0.15) is 18.9 Å². The molecule has 1 aromatic heterocycles. The van der Waals surface area contributed by atoms with Crippen molar-refractivity contribution < 1.29 is 14.3 Å². The van der Waals surface area contributed by atoms with Crippen LogP contribution in [0.15, 0.2) is 41.5 Å². The predicted octanol–water partition coefficient (Wildman–Crippen LogP) is 3.01. The minimum atomic E-state index is -0.445. The van der Waals surface area contributed by atoms with E-state index in [2.05, 4.69) is 20.5 Å². The van der Waals surface area contributed by atoms with Crippen molar-refractivity contribution in [3.05, 3.63) is 42.0 Å². The standard InChI is InChI=1S/C20H20N4O3/c1-20(10-18(25)24-21-11-20)12-4-7-15-16(8-12)23-19(22-15)14-6-5-13(26-2)9-17(14)27-3/h4-9,11H,10H2,1-3H3,(H,22,23)(H,24,25).